The molecule has 0 aromatic carbocycles. The summed E-state index contributed by atoms with van der Waals surface area (Å²) in [6.07, 6.45) is 8.33. The van der Waals surface area contributed by atoms with Gasteiger partial charge in [0.1, 0.15) is 0 Å². The predicted molar refractivity (Wildman–Crippen MR) is 95.5 cm³/mol. The van der Waals surface area contributed by atoms with Crippen molar-refractivity contribution in [1.82, 2.24) is 19.6 Å². The first kappa shape index (κ1) is 16.8. The molecule has 2 fully saturated rings. The van der Waals surface area contributed by atoms with Gasteiger partial charge in [0.25, 0.3) is 5.56 Å². The van der Waals surface area contributed by atoms with E-state index in [0.717, 1.165) is 69.5 Å². The summed E-state index contributed by atoms with van der Waals surface area (Å²) >= 11 is 0. The van der Waals surface area contributed by atoms with Crippen molar-refractivity contribution in [2.45, 2.75) is 64.0 Å². The van der Waals surface area contributed by atoms with E-state index in [0.29, 0.717) is 24.9 Å². The second kappa shape index (κ2) is 7.28. The Hall–Kier alpha value is -1.69. The van der Waals surface area contributed by atoms with E-state index in [1.54, 1.807) is 4.68 Å². The second-order valence-corrected chi connectivity index (χ2v) is 7.66. The molecule has 0 radical (unpaired) electrons. The number of carbonyl (C=O) groups is 1. The molecule has 136 valence electrons. The molecule has 2 aliphatic heterocycles. The Morgan fingerprint density at radius 2 is 1.88 bits per heavy atom. The lowest BCUT2D eigenvalue weighted by atomic mass is 9.97. The molecule has 2 saturated heterocycles. The van der Waals surface area contributed by atoms with Crippen LogP contribution in [0, 0.1) is 0 Å². The van der Waals surface area contributed by atoms with Gasteiger partial charge in [-0.3, -0.25) is 14.5 Å². The molecule has 1 aliphatic carbocycles. The van der Waals surface area contributed by atoms with Crippen LogP contribution in [0.15, 0.2) is 10.9 Å². The van der Waals surface area contributed by atoms with Crippen molar-refractivity contribution < 1.29 is 4.79 Å². The Balaban J connectivity index is 1.41. The topological polar surface area (TPSA) is 58.4 Å². The summed E-state index contributed by atoms with van der Waals surface area (Å²) < 4.78 is 1.69. The van der Waals surface area contributed by atoms with E-state index in [-0.39, 0.29) is 5.56 Å². The summed E-state index contributed by atoms with van der Waals surface area (Å²) in [5.74, 6) is 0.295. The van der Waals surface area contributed by atoms with Gasteiger partial charge in [-0.25, -0.2) is 4.68 Å². The van der Waals surface area contributed by atoms with Gasteiger partial charge in [0, 0.05) is 38.2 Å². The Bertz CT molecular complexity index is 699. The van der Waals surface area contributed by atoms with Crippen LogP contribution in [0.5, 0.6) is 0 Å². The molecule has 1 aromatic rings. The van der Waals surface area contributed by atoms with Crippen LogP contribution in [-0.4, -0.2) is 57.7 Å². The monoisotopic (exact) mass is 344 g/mol. The van der Waals surface area contributed by atoms with E-state index in [1.165, 1.54) is 12.8 Å². The number of carbonyl (C=O) groups excluding carboxylic acids is 1. The van der Waals surface area contributed by atoms with Gasteiger partial charge in [-0.1, -0.05) is 0 Å². The smallest absolute Gasteiger partial charge is 0.267 e. The molecular weight excluding hydrogens is 316 g/mol. The zero-order valence-corrected chi connectivity index (χ0v) is 15.0. The number of aromatic nitrogens is 2. The summed E-state index contributed by atoms with van der Waals surface area (Å²) in [4.78, 5) is 28.6. The normalized spacial score (nSPS) is 24.1. The molecule has 1 amide bonds. The van der Waals surface area contributed by atoms with E-state index in [9.17, 15) is 9.59 Å². The van der Waals surface area contributed by atoms with Gasteiger partial charge in [0.05, 0.1) is 12.2 Å². The fourth-order valence-corrected chi connectivity index (χ4v) is 4.52. The highest BCUT2D eigenvalue weighted by Crippen LogP contribution is 2.20. The largest absolute Gasteiger partial charge is 0.341 e. The quantitative estimate of drug-likeness (QED) is 0.806. The third-order valence-electron chi connectivity index (χ3n) is 5.99. The number of aryl methyl sites for hydroxylation is 2. The Morgan fingerprint density at radius 1 is 1.00 bits per heavy atom. The third-order valence-corrected chi connectivity index (χ3v) is 5.99. The van der Waals surface area contributed by atoms with E-state index < -0.39 is 0 Å². The highest BCUT2D eigenvalue weighted by atomic mass is 16.2. The summed E-state index contributed by atoms with van der Waals surface area (Å²) in [6.45, 7) is 4.38. The summed E-state index contributed by atoms with van der Waals surface area (Å²) in [7, 11) is 0. The lowest BCUT2D eigenvalue weighted by Gasteiger charge is -2.27. The molecule has 0 spiro atoms. The van der Waals surface area contributed by atoms with Crippen LogP contribution >= 0.6 is 0 Å². The van der Waals surface area contributed by atoms with E-state index in [4.69, 9.17) is 0 Å². The van der Waals surface area contributed by atoms with Crippen LogP contribution in [0.2, 0.25) is 0 Å². The number of hydrogen-bond donors (Lipinski definition) is 0. The lowest BCUT2D eigenvalue weighted by Crippen LogP contribution is -2.41. The molecule has 1 unspecified atom stereocenters. The van der Waals surface area contributed by atoms with Gasteiger partial charge in [-0.05, 0) is 57.1 Å². The first-order valence-electron chi connectivity index (χ1n) is 9.82. The van der Waals surface area contributed by atoms with Crippen LogP contribution in [0.4, 0.5) is 0 Å². The van der Waals surface area contributed by atoms with Crippen molar-refractivity contribution in [3.05, 3.63) is 27.7 Å². The maximum atomic E-state index is 12.4. The van der Waals surface area contributed by atoms with Gasteiger partial charge >= 0.3 is 0 Å². The van der Waals surface area contributed by atoms with Crippen LogP contribution in [0.3, 0.4) is 0 Å². The molecule has 4 rings (SSSR count). The lowest BCUT2D eigenvalue weighted by molar-refractivity contribution is -0.127. The fourth-order valence-electron chi connectivity index (χ4n) is 4.52. The Kier molecular flexibility index (Phi) is 4.88. The molecule has 0 saturated carbocycles. The minimum absolute atomic E-state index is 0.0437. The van der Waals surface area contributed by atoms with Crippen molar-refractivity contribution in [2.24, 2.45) is 0 Å². The van der Waals surface area contributed by atoms with E-state index in [2.05, 4.69) is 10.00 Å². The van der Waals surface area contributed by atoms with Gasteiger partial charge in [-0.2, -0.15) is 5.10 Å². The highest BCUT2D eigenvalue weighted by Gasteiger charge is 2.28. The summed E-state index contributed by atoms with van der Waals surface area (Å²) in [5, 5.41) is 4.67. The van der Waals surface area contributed by atoms with Crippen LogP contribution in [0.25, 0.3) is 0 Å². The molecule has 3 heterocycles. The highest BCUT2D eigenvalue weighted by molar-refractivity contribution is 5.78. The number of nitrogens with zero attached hydrogens (tertiary/aromatic N) is 4. The second-order valence-electron chi connectivity index (χ2n) is 7.66. The van der Waals surface area contributed by atoms with Gasteiger partial charge in [0.2, 0.25) is 5.91 Å². The fraction of sp³-hybridized carbons (Fsp3) is 0.737. The first-order chi connectivity index (χ1) is 12.2. The van der Waals surface area contributed by atoms with Crippen molar-refractivity contribution >= 4 is 5.91 Å². The zero-order valence-electron chi connectivity index (χ0n) is 15.0. The van der Waals surface area contributed by atoms with Gasteiger partial charge in [0.15, 0.2) is 0 Å². The molecule has 0 N–H and O–H groups in total. The maximum Gasteiger partial charge on any atom is 0.267 e. The predicted octanol–water partition coefficient (Wildman–Crippen LogP) is 1.21. The molecule has 25 heavy (non-hydrogen) atoms. The summed E-state index contributed by atoms with van der Waals surface area (Å²) in [6, 6.07) is 2.17. The Morgan fingerprint density at radius 3 is 2.72 bits per heavy atom. The van der Waals surface area contributed by atoms with Crippen LogP contribution in [-0.2, 0) is 24.2 Å². The van der Waals surface area contributed by atoms with Crippen molar-refractivity contribution in [1.29, 1.82) is 0 Å². The molecular formula is C19H28N4O2. The first-order valence-corrected chi connectivity index (χ1v) is 9.82. The molecule has 1 atom stereocenters. The minimum atomic E-state index is 0.0437. The third kappa shape index (κ3) is 3.64. The van der Waals surface area contributed by atoms with Crippen molar-refractivity contribution in [3.8, 4) is 0 Å². The van der Waals surface area contributed by atoms with Gasteiger partial charge < -0.3 is 4.90 Å². The van der Waals surface area contributed by atoms with E-state index in [1.807, 2.05) is 11.0 Å². The molecule has 0 bridgehead atoms. The average molecular weight is 344 g/mol. The SMILES string of the molecule is O=C1CCCN1CCN1CCCC1Cn1nc2c(cc1=O)CCCC2. The van der Waals surface area contributed by atoms with Crippen LogP contribution in [0.1, 0.15) is 49.8 Å². The zero-order chi connectivity index (χ0) is 17.2. The minimum Gasteiger partial charge on any atom is -0.341 e. The molecule has 6 heteroatoms. The van der Waals surface area contributed by atoms with Crippen molar-refractivity contribution in [3.63, 3.8) is 0 Å². The number of rotatable bonds is 5. The number of likely N-dealkylation sites (tertiary alicyclic amines) is 2. The molecule has 6 nitrogen and oxygen atoms in total. The standard InChI is InChI=1S/C19H28N4O2/c24-18-8-4-10-22(18)12-11-21-9-3-6-16(21)14-23-19(25)13-15-5-1-2-7-17(15)20-23/h13,16H,1-12,14H2. The number of fused-ring (bicyclic) bond motifs is 1. The Labute approximate surface area is 148 Å². The molecule has 1 aromatic heterocycles. The number of amides is 1. The number of hydrogen-bond acceptors (Lipinski definition) is 4. The van der Waals surface area contributed by atoms with E-state index >= 15 is 0 Å². The average Bonchev–Trinajstić information content (AvgIpc) is 3.22. The van der Waals surface area contributed by atoms with Gasteiger partial charge in [-0.15, -0.1) is 0 Å². The van der Waals surface area contributed by atoms with Crippen LogP contribution < -0.4 is 5.56 Å². The van der Waals surface area contributed by atoms with Crippen molar-refractivity contribution in [2.75, 3.05) is 26.2 Å². The summed E-state index contributed by atoms with van der Waals surface area (Å²) in [5.41, 5.74) is 2.32. The molecule has 3 aliphatic rings. The maximum absolute atomic E-state index is 12.4.